The van der Waals surface area contributed by atoms with Crippen LogP contribution in [0.1, 0.15) is 32.1 Å². The lowest BCUT2D eigenvalue weighted by molar-refractivity contribution is -0.372. The fourth-order valence-electron chi connectivity index (χ4n) is 7.00. The van der Waals surface area contributed by atoms with Gasteiger partial charge in [0, 0.05) is 10.8 Å². The molecule has 4 rings (SSSR count). The predicted octanol–water partition coefficient (Wildman–Crippen LogP) is 2.49. The Labute approximate surface area is 195 Å². The molecule has 0 aromatic rings. The normalized spacial score (nSPS) is 35.4. The van der Waals surface area contributed by atoms with Crippen molar-refractivity contribution in [2.75, 3.05) is 6.61 Å². The van der Waals surface area contributed by atoms with Crippen molar-refractivity contribution in [3.63, 3.8) is 0 Å². The zero-order chi connectivity index (χ0) is 27.5. The highest BCUT2D eigenvalue weighted by Crippen LogP contribution is 2.89. The third-order valence-corrected chi connectivity index (χ3v) is 9.02. The smallest absolute Gasteiger partial charge is 0.465 e. The first-order valence-electron chi connectivity index (χ1n) is 10.2. The van der Waals surface area contributed by atoms with Gasteiger partial charge in [0.1, 0.15) is 5.60 Å². The predicted molar refractivity (Wildman–Crippen MR) is 93.7 cm³/mol. The second kappa shape index (κ2) is 6.99. The van der Waals surface area contributed by atoms with Gasteiger partial charge in [0.2, 0.25) is 0 Å². The summed E-state index contributed by atoms with van der Waals surface area (Å²) >= 11 is 0. The molecule has 0 amide bonds. The molecule has 4 aliphatic carbocycles. The topological polar surface area (TPSA) is 144 Å². The number of aliphatic carboxylic acids is 1. The van der Waals surface area contributed by atoms with E-state index in [0.29, 0.717) is 6.42 Å². The Morgan fingerprint density at radius 1 is 0.917 bits per heavy atom. The van der Waals surface area contributed by atoms with Crippen LogP contribution in [0.4, 0.5) is 35.1 Å². The van der Waals surface area contributed by atoms with Crippen molar-refractivity contribution >= 4 is 28.0 Å². The fraction of sp³-hybridized carbons (Fsp3) is 0.833. The SMILES string of the molecule is O=C(O)C(F)(F)C(F)(F)C(F)(F)C(=O)OC12CC3CC4CC(COC(=O)C(F)(F)S(=O)(=O)O)(C1)C32C4. The second-order valence-electron chi connectivity index (χ2n) is 9.82. The Hall–Kier alpha value is -2.24. The first-order valence-corrected chi connectivity index (χ1v) is 11.6. The summed E-state index contributed by atoms with van der Waals surface area (Å²) in [6, 6.07) is 0. The summed E-state index contributed by atoms with van der Waals surface area (Å²) in [5.74, 6) is -29.3. The van der Waals surface area contributed by atoms with Crippen LogP contribution >= 0.6 is 0 Å². The van der Waals surface area contributed by atoms with Gasteiger partial charge >= 0.3 is 51.0 Å². The summed E-state index contributed by atoms with van der Waals surface area (Å²) in [7, 11) is -6.19. The van der Waals surface area contributed by atoms with Gasteiger partial charge in [-0.3, -0.25) is 4.55 Å². The van der Waals surface area contributed by atoms with Crippen molar-refractivity contribution in [2.45, 2.75) is 60.7 Å². The molecule has 204 valence electrons. The van der Waals surface area contributed by atoms with Crippen LogP contribution in [-0.2, 0) is 34.0 Å². The maximum absolute atomic E-state index is 14.1. The molecule has 4 saturated carbocycles. The lowest BCUT2D eigenvalue weighted by Gasteiger charge is -2.77. The molecule has 9 nitrogen and oxygen atoms in total. The van der Waals surface area contributed by atoms with Crippen molar-refractivity contribution in [3.05, 3.63) is 0 Å². The quantitative estimate of drug-likeness (QED) is 0.247. The number of carboxylic acids is 1. The average molecular weight is 560 g/mol. The van der Waals surface area contributed by atoms with Gasteiger partial charge in [-0.1, -0.05) is 0 Å². The number of hydrogen-bond acceptors (Lipinski definition) is 7. The molecule has 0 aliphatic heterocycles. The lowest BCUT2D eigenvalue weighted by atomic mass is 9.29. The zero-order valence-corrected chi connectivity index (χ0v) is 18.4. The summed E-state index contributed by atoms with van der Waals surface area (Å²) in [6.07, 6.45) is -0.00898. The fourth-order valence-corrected chi connectivity index (χ4v) is 7.27. The molecule has 0 aromatic carbocycles. The Morgan fingerprint density at radius 2 is 1.50 bits per heavy atom. The van der Waals surface area contributed by atoms with E-state index in [1.54, 1.807) is 0 Å². The highest BCUT2D eigenvalue weighted by Gasteiger charge is 2.90. The molecule has 5 atom stereocenters. The van der Waals surface area contributed by atoms with Crippen LogP contribution in [0.15, 0.2) is 0 Å². The lowest BCUT2D eigenvalue weighted by Crippen LogP contribution is -2.81. The van der Waals surface area contributed by atoms with Gasteiger partial charge in [-0.25, -0.2) is 14.4 Å². The molecule has 0 radical (unpaired) electrons. The molecule has 4 fully saturated rings. The summed E-state index contributed by atoms with van der Waals surface area (Å²) < 4.78 is 148. The van der Waals surface area contributed by atoms with Gasteiger partial charge in [-0.05, 0) is 43.9 Å². The first-order chi connectivity index (χ1) is 16.0. The molecule has 5 unspecified atom stereocenters. The highest BCUT2D eigenvalue weighted by molar-refractivity contribution is 7.87. The molecular weight excluding hydrogens is 544 g/mol. The van der Waals surface area contributed by atoms with E-state index in [1.165, 1.54) is 0 Å². The number of carbonyl (C=O) groups is 3. The first kappa shape index (κ1) is 26.8. The highest BCUT2D eigenvalue weighted by atomic mass is 32.2. The van der Waals surface area contributed by atoms with Crippen LogP contribution < -0.4 is 0 Å². The minimum absolute atomic E-state index is 0.102. The number of carboxylic acid groups (broad SMARTS) is 1. The number of alkyl halides is 8. The van der Waals surface area contributed by atoms with E-state index in [0.717, 1.165) is 0 Å². The second-order valence-corrected chi connectivity index (χ2v) is 11.3. The van der Waals surface area contributed by atoms with Gasteiger partial charge in [0.15, 0.2) is 0 Å². The molecule has 18 heteroatoms. The van der Waals surface area contributed by atoms with E-state index in [9.17, 15) is 57.9 Å². The van der Waals surface area contributed by atoms with E-state index in [2.05, 4.69) is 9.47 Å². The summed E-state index contributed by atoms with van der Waals surface area (Å²) in [4.78, 5) is 34.0. The molecule has 1 spiro atoms. The number of hydrogen-bond donors (Lipinski definition) is 2. The van der Waals surface area contributed by atoms with Crippen LogP contribution in [0.3, 0.4) is 0 Å². The third-order valence-electron chi connectivity index (χ3n) is 8.21. The summed E-state index contributed by atoms with van der Waals surface area (Å²) in [5.41, 5.74) is -4.54. The Kier molecular flexibility index (Phi) is 5.21. The summed E-state index contributed by atoms with van der Waals surface area (Å²) in [5, 5.41) is 2.88. The Bertz CT molecular complexity index is 1160. The van der Waals surface area contributed by atoms with Crippen LogP contribution in [0, 0.1) is 22.7 Å². The zero-order valence-electron chi connectivity index (χ0n) is 17.6. The maximum Gasteiger partial charge on any atom is 0.465 e. The molecular formula is C18H16F8O9S. The van der Waals surface area contributed by atoms with Crippen LogP contribution in [-0.4, -0.2) is 71.2 Å². The number of rotatable bonds is 9. The van der Waals surface area contributed by atoms with E-state index in [4.69, 9.17) is 9.66 Å². The number of halogens is 8. The Balaban J connectivity index is 1.55. The number of carbonyl (C=O) groups excluding carboxylic acids is 2. The van der Waals surface area contributed by atoms with E-state index in [1.807, 2.05) is 0 Å². The van der Waals surface area contributed by atoms with Crippen molar-refractivity contribution in [3.8, 4) is 0 Å². The number of fused-ring (bicyclic) bond motifs is 1. The van der Waals surface area contributed by atoms with Crippen LogP contribution in [0.5, 0.6) is 0 Å². The number of ether oxygens (including phenoxy) is 2. The monoisotopic (exact) mass is 560 g/mol. The van der Waals surface area contributed by atoms with Gasteiger partial charge in [0.05, 0.1) is 6.61 Å². The van der Waals surface area contributed by atoms with E-state index in [-0.39, 0.29) is 25.2 Å². The maximum atomic E-state index is 14.1. The molecule has 0 saturated heterocycles. The molecule has 0 aromatic heterocycles. The third kappa shape index (κ3) is 2.85. The van der Waals surface area contributed by atoms with Crippen molar-refractivity contribution in [1.29, 1.82) is 0 Å². The standard InChI is InChI=1S/C18H16F8O9S/c19-15(20,9(27)28)18(25,26)16(21,22)10(29)35-13-4-8-1-7-2-12(5-13,14(8,13)3-7)6-34-11(30)17(23,24)36(31,32)33/h7-8H,1-6H2,(H,27,28)(H,31,32,33). The molecule has 2 bridgehead atoms. The van der Waals surface area contributed by atoms with E-state index >= 15 is 0 Å². The van der Waals surface area contributed by atoms with Crippen molar-refractivity contribution in [2.24, 2.45) is 22.7 Å². The minimum atomic E-state index is -6.67. The molecule has 4 aliphatic rings. The van der Waals surface area contributed by atoms with Crippen molar-refractivity contribution in [1.82, 2.24) is 0 Å². The Morgan fingerprint density at radius 3 is 2.00 bits per heavy atom. The van der Waals surface area contributed by atoms with Crippen LogP contribution in [0.2, 0.25) is 0 Å². The summed E-state index contributed by atoms with van der Waals surface area (Å²) in [6.45, 7) is -0.910. The minimum Gasteiger partial charge on any atom is -0.477 e. The number of esters is 2. The van der Waals surface area contributed by atoms with Crippen molar-refractivity contribution < 1.29 is 77.1 Å². The van der Waals surface area contributed by atoms with E-state index < -0.39 is 86.4 Å². The van der Waals surface area contributed by atoms with Crippen LogP contribution in [0.25, 0.3) is 0 Å². The molecule has 0 heterocycles. The van der Waals surface area contributed by atoms with Gasteiger partial charge in [0.25, 0.3) is 0 Å². The van der Waals surface area contributed by atoms with Gasteiger partial charge in [-0.2, -0.15) is 43.5 Å². The van der Waals surface area contributed by atoms with Gasteiger partial charge < -0.3 is 14.6 Å². The average Bonchev–Trinajstić information content (AvgIpc) is 3.21. The largest absolute Gasteiger partial charge is 0.477 e. The molecule has 2 N–H and O–H groups in total. The molecule has 36 heavy (non-hydrogen) atoms. The van der Waals surface area contributed by atoms with Gasteiger partial charge in [-0.15, -0.1) is 0 Å².